The molecule has 0 bridgehead atoms. The maximum absolute atomic E-state index is 13.3. The molecule has 0 radical (unpaired) electrons. The van der Waals surface area contributed by atoms with Gasteiger partial charge in [0.05, 0.1) is 16.3 Å². The third-order valence-electron chi connectivity index (χ3n) is 2.95. The maximum atomic E-state index is 13.3. The maximum Gasteiger partial charge on any atom is 0.262 e. The van der Waals surface area contributed by atoms with Gasteiger partial charge in [-0.1, -0.05) is 15.9 Å². The predicted molar refractivity (Wildman–Crippen MR) is 85.2 cm³/mol. The van der Waals surface area contributed by atoms with Crippen LogP contribution >= 0.6 is 15.9 Å². The van der Waals surface area contributed by atoms with Crippen LogP contribution in [0.4, 0.5) is 15.8 Å². The molecule has 0 aliphatic carbocycles. The van der Waals surface area contributed by atoms with Crippen molar-refractivity contribution < 1.29 is 12.8 Å². The second kappa shape index (κ2) is 5.65. The molecule has 0 aromatic heterocycles. The van der Waals surface area contributed by atoms with Gasteiger partial charge in [-0.25, -0.2) is 12.8 Å². The third-order valence-corrected chi connectivity index (χ3v) is 5.12. The highest BCUT2D eigenvalue weighted by Gasteiger charge is 2.21. The highest BCUT2D eigenvalue weighted by molar-refractivity contribution is 9.10. The largest absolute Gasteiger partial charge is 0.397 e. The number of nitrogen functional groups attached to an aromatic ring is 1. The van der Waals surface area contributed by atoms with Gasteiger partial charge >= 0.3 is 0 Å². The lowest BCUT2D eigenvalue weighted by atomic mass is 10.1. The first-order valence-corrected chi connectivity index (χ1v) is 8.33. The molecule has 3 N–H and O–H groups in total. The molecule has 0 heterocycles. The van der Waals surface area contributed by atoms with E-state index < -0.39 is 15.8 Å². The Morgan fingerprint density at radius 3 is 2.24 bits per heavy atom. The molecule has 7 heteroatoms. The van der Waals surface area contributed by atoms with E-state index in [0.29, 0.717) is 16.8 Å². The van der Waals surface area contributed by atoms with Crippen molar-refractivity contribution in [3.63, 3.8) is 0 Å². The molecule has 0 saturated heterocycles. The number of sulfonamides is 1. The van der Waals surface area contributed by atoms with Crippen LogP contribution in [0.5, 0.6) is 0 Å². The molecule has 0 atom stereocenters. The fraction of sp³-hybridized carbons (Fsp3) is 0.143. The molecule has 2 aromatic rings. The number of nitrogens with one attached hydrogen (secondary N) is 1. The van der Waals surface area contributed by atoms with Crippen LogP contribution in [0.25, 0.3) is 0 Å². The molecule has 0 fully saturated rings. The van der Waals surface area contributed by atoms with Crippen LogP contribution in [0.2, 0.25) is 0 Å². The van der Waals surface area contributed by atoms with Crippen LogP contribution in [0.15, 0.2) is 39.7 Å². The Balaban J connectivity index is 2.48. The Morgan fingerprint density at radius 1 is 1.14 bits per heavy atom. The van der Waals surface area contributed by atoms with Crippen molar-refractivity contribution in [3.8, 4) is 0 Å². The summed E-state index contributed by atoms with van der Waals surface area (Å²) in [7, 11) is -3.84. The summed E-state index contributed by atoms with van der Waals surface area (Å²) in [4.78, 5) is 0.0613. The molecule has 2 aromatic carbocycles. The number of anilines is 2. The van der Waals surface area contributed by atoms with Crippen LogP contribution in [0.3, 0.4) is 0 Å². The van der Waals surface area contributed by atoms with E-state index in [9.17, 15) is 12.8 Å². The molecule has 2 rings (SSSR count). The Morgan fingerprint density at radius 2 is 1.71 bits per heavy atom. The topological polar surface area (TPSA) is 72.2 Å². The van der Waals surface area contributed by atoms with Crippen LogP contribution < -0.4 is 10.5 Å². The van der Waals surface area contributed by atoms with E-state index in [0.717, 1.165) is 4.47 Å². The fourth-order valence-corrected chi connectivity index (χ4v) is 4.07. The second-order valence-corrected chi connectivity index (χ2v) is 7.24. The van der Waals surface area contributed by atoms with Gasteiger partial charge in [-0.2, -0.15) is 0 Å². The van der Waals surface area contributed by atoms with E-state index in [1.807, 2.05) is 0 Å². The molecular weight excluding hydrogens is 359 g/mol. The van der Waals surface area contributed by atoms with Crippen LogP contribution in [-0.4, -0.2) is 8.42 Å². The standard InChI is InChI=1S/C14H14BrFN2O2S/c1-8-5-11(16)6-9(2)14(8)21(19,20)18-13-4-3-10(15)7-12(13)17/h3-7,18H,17H2,1-2H3. The van der Waals surface area contributed by atoms with E-state index in [-0.39, 0.29) is 10.6 Å². The van der Waals surface area contributed by atoms with Gasteiger partial charge in [0.25, 0.3) is 10.0 Å². The summed E-state index contributed by atoms with van der Waals surface area (Å²) in [5, 5.41) is 0. The molecule has 0 unspecified atom stereocenters. The van der Waals surface area contributed by atoms with Crippen molar-refractivity contribution >= 4 is 37.3 Å². The molecule has 0 amide bonds. The van der Waals surface area contributed by atoms with E-state index >= 15 is 0 Å². The third kappa shape index (κ3) is 3.36. The summed E-state index contributed by atoms with van der Waals surface area (Å²) in [6.45, 7) is 3.10. The molecule has 0 aliphatic heterocycles. The van der Waals surface area contributed by atoms with Crippen molar-refractivity contribution in [1.82, 2.24) is 0 Å². The number of halogens is 2. The van der Waals surface area contributed by atoms with Gasteiger partial charge in [-0.3, -0.25) is 4.72 Å². The Hall–Kier alpha value is -1.60. The van der Waals surface area contributed by atoms with E-state index in [4.69, 9.17) is 5.73 Å². The summed E-state index contributed by atoms with van der Waals surface area (Å²) < 4.78 is 41.5. The predicted octanol–water partition coefficient (Wildman–Crippen LogP) is 3.59. The zero-order valence-electron chi connectivity index (χ0n) is 11.4. The van der Waals surface area contributed by atoms with Gasteiger partial charge in [0.1, 0.15) is 5.82 Å². The minimum Gasteiger partial charge on any atom is -0.397 e. The summed E-state index contributed by atoms with van der Waals surface area (Å²) in [6.07, 6.45) is 0. The van der Waals surface area contributed by atoms with Gasteiger partial charge in [-0.05, 0) is 55.3 Å². The number of hydrogen-bond acceptors (Lipinski definition) is 3. The highest BCUT2D eigenvalue weighted by Crippen LogP contribution is 2.28. The van der Waals surface area contributed by atoms with E-state index in [2.05, 4.69) is 20.7 Å². The van der Waals surface area contributed by atoms with Gasteiger partial charge in [0.2, 0.25) is 0 Å². The van der Waals surface area contributed by atoms with Crippen molar-refractivity contribution in [2.45, 2.75) is 18.7 Å². The first-order valence-electron chi connectivity index (χ1n) is 6.05. The minimum atomic E-state index is -3.84. The first-order chi connectivity index (χ1) is 9.70. The van der Waals surface area contributed by atoms with Gasteiger partial charge in [0.15, 0.2) is 0 Å². The summed E-state index contributed by atoms with van der Waals surface area (Å²) in [6, 6.07) is 7.21. The lowest BCUT2D eigenvalue weighted by Crippen LogP contribution is -2.17. The molecular formula is C14H14BrFN2O2S. The van der Waals surface area contributed by atoms with Crippen LogP contribution in [0.1, 0.15) is 11.1 Å². The van der Waals surface area contributed by atoms with Crippen molar-refractivity contribution in [2.24, 2.45) is 0 Å². The first kappa shape index (κ1) is 15.8. The molecule has 0 saturated carbocycles. The lowest BCUT2D eigenvalue weighted by molar-refractivity contribution is 0.597. The summed E-state index contributed by atoms with van der Waals surface area (Å²) in [5.41, 5.74) is 7.05. The highest BCUT2D eigenvalue weighted by atomic mass is 79.9. The molecule has 4 nitrogen and oxygen atoms in total. The van der Waals surface area contributed by atoms with Crippen molar-refractivity contribution in [2.75, 3.05) is 10.5 Å². The number of nitrogens with two attached hydrogens (primary N) is 1. The lowest BCUT2D eigenvalue weighted by Gasteiger charge is -2.14. The molecule has 21 heavy (non-hydrogen) atoms. The Labute approximate surface area is 131 Å². The quantitative estimate of drug-likeness (QED) is 0.808. The molecule has 112 valence electrons. The summed E-state index contributed by atoms with van der Waals surface area (Å²) >= 11 is 3.25. The van der Waals surface area contributed by atoms with E-state index in [1.165, 1.54) is 12.1 Å². The van der Waals surface area contributed by atoms with Crippen molar-refractivity contribution in [3.05, 3.63) is 51.7 Å². The number of rotatable bonds is 3. The van der Waals surface area contributed by atoms with Crippen LogP contribution in [-0.2, 0) is 10.0 Å². The minimum absolute atomic E-state index is 0.0613. The number of benzene rings is 2. The van der Waals surface area contributed by atoms with Gasteiger partial charge < -0.3 is 5.73 Å². The second-order valence-electron chi connectivity index (χ2n) is 4.71. The SMILES string of the molecule is Cc1cc(F)cc(C)c1S(=O)(=O)Nc1ccc(Br)cc1N. The normalized spacial score (nSPS) is 11.4. The van der Waals surface area contributed by atoms with Crippen molar-refractivity contribution in [1.29, 1.82) is 0 Å². The van der Waals surface area contributed by atoms with Crippen LogP contribution in [0, 0.1) is 19.7 Å². The average molecular weight is 373 g/mol. The monoisotopic (exact) mass is 372 g/mol. The molecule has 0 spiro atoms. The van der Waals surface area contributed by atoms with E-state index in [1.54, 1.807) is 32.0 Å². The molecule has 0 aliphatic rings. The number of aryl methyl sites for hydroxylation is 2. The van der Waals surface area contributed by atoms with Gasteiger partial charge in [-0.15, -0.1) is 0 Å². The fourth-order valence-electron chi connectivity index (χ4n) is 2.14. The summed E-state index contributed by atoms with van der Waals surface area (Å²) in [5.74, 6) is -0.466. The average Bonchev–Trinajstić information content (AvgIpc) is 2.30. The smallest absolute Gasteiger partial charge is 0.262 e. The Kier molecular flexibility index (Phi) is 4.25. The zero-order chi connectivity index (χ0) is 15.8. The zero-order valence-corrected chi connectivity index (χ0v) is 13.8. The number of hydrogen-bond donors (Lipinski definition) is 2. The Bertz CT molecular complexity index is 784. The van der Waals surface area contributed by atoms with Gasteiger partial charge in [0, 0.05) is 4.47 Å².